The van der Waals surface area contributed by atoms with E-state index >= 15 is 0 Å². The van der Waals surface area contributed by atoms with E-state index in [9.17, 15) is 9.59 Å². The number of aromatic nitrogens is 2. The minimum absolute atomic E-state index is 0.0535. The smallest absolute Gasteiger partial charge is 0.248 e. The summed E-state index contributed by atoms with van der Waals surface area (Å²) in [6, 6.07) is 17.9. The molecular weight excluding hydrogens is 414 g/mol. The van der Waals surface area contributed by atoms with Crippen LogP contribution in [0.3, 0.4) is 0 Å². The van der Waals surface area contributed by atoms with Crippen molar-refractivity contribution in [2.24, 2.45) is 11.7 Å². The van der Waals surface area contributed by atoms with Crippen LogP contribution < -0.4 is 16.0 Å². The van der Waals surface area contributed by atoms with Crippen molar-refractivity contribution in [3.63, 3.8) is 0 Å². The van der Waals surface area contributed by atoms with Crippen molar-refractivity contribution >= 4 is 34.9 Å². The van der Waals surface area contributed by atoms with E-state index in [2.05, 4.69) is 20.4 Å². The number of benzene rings is 2. The summed E-state index contributed by atoms with van der Waals surface area (Å²) in [7, 11) is 0. The van der Waals surface area contributed by atoms with Gasteiger partial charge in [-0.2, -0.15) is 0 Å². The molecular formula is C23H22ClN5O2. The molecule has 2 heterocycles. The monoisotopic (exact) mass is 435 g/mol. The Hall–Kier alpha value is -3.45. The van der Waals surface area contributed by atoms with Gasteiger partial charge < -0.3 is 16.0 Å². The molecule has 2 aromatic carbocycles. The molecule has 4 rings (SSSR count). The van der Waals surface area contributed by atoms with Gasteiger partial charge in [0.15, 0.2) is 5.82 Å². The molecule has 0 bridgehead atoms. The molecule has 1 fully saturated rings. The summed E-state index contributed by atoms with van der Waals surface area (Å²) in [6.07, 6.45) is 1.69. The van der Waals surface area contributed by atoms with Crippen LogP contribution in [-0.4, -0.2) is 35.1 Å². The molecule has 3 aromatic rings. The number of hydrogen-bond donors (Lipinski definition) is 2. The Labute approximate surface area is 185 Å². The zero-order valence-corrected chi connectivity index (χ0v) is 17.5. The molecule has 1 saturated heterocycles. The number of halogens is 1. The topological polar surface area (TPSA) is 101 Å². The number of nitrogens with one attached hydrogen (secondary N) is 1. The largest absolute Gasteiger partial charge is 0.366 e. The highest BCUT2D eigenvalue weighted by molar-refractivity contribution is 6.30. The SMILES string of the molecule is NC(=O)c1ccc(NC(=O)[C@@H]2CCCN(c3ccc(-c4ccc(Cl)cc4)nn3)C2)cc1. The van der Waals surface area contributed by atoms with Crippen LogP contribution >= 0.6 is 11.6 Å². The number of nitrogens with zero attached hydrogens (tertiary/aromatic N) is 3. The molecule has 31 heavy (non-hydrogen) atoms. The van der Waals surface area contributed by atoms with E-state index in [1.54, 1.807) is 24.3 Å². The Balaban J connectivity index is 1.40. The molecule has 0 aliphatic carbocycles. The van der Waals surface area contributed by atoms with Gasteiger partial charge in [-0.15, -0.1) is 10.2 Å². The highest BCUT2D eigenvalue weighted by Gasteiger charge is 2.27. The maximum absolute atomic E-state index is 12.8. The first-order valence-electron chi connectivity index (χ1n) is 10.0. The fourth-order valence-corrected chi connectivity index (χ4v) is 3.76. The van der Waals surface area contributed by atoms with E-state index in [-0.39, 0.29) is 11.8 Å². The molecule has 8 heteroatoms. The predicted molar refractivity (Wildman–Crippen MR) is 121 cm³/mol. The summed E-state index contributed by atoms with van der Waals surface area (Å²) in [5, 5.41) is 12.3. The van der Waals surface area contributed by atoms with Crippen LogP contribution in [0.4, 0.5) is 11.5 Å². The fraction of sp³-hybridized carbons (Fsp3) is 0.217. The minimum atomic E-state index is -0.496. The zero-order valence-electron chi connectivity index (χ0n) is 16.8. The van der Waals surface area contributed by atoms with E-state index in [1.807, 2.05) is 36.4 Å². The second-order valence-corrected chi connectivity index (χ2v) is 7.94. The molecule has 0 spiro atoms. The van der Waals surface area contributed by atoms with Crippen LogP contribution in [0.15, 0.2) is 60.7 Å². The van der Waals surface area contributed by atoms with Crippen LogP contribution in [0.5, 0.6) is 0 Å². The number of amides is 2. The van der Waals surface area contributed by atoms with Gasteiger partial charge in [0.2, 0.25) is 11.8 Å². The van der Waals surface area contributed by atoms with Crippen molar-refractivity contribution in [1.82, 2.24) is 10.2 Å². The number of hydrogen-bond acceptors (Lipinski definition) is 5. The average Bonchev–Trinajstić information content (AvgIpc) is 2.80. The van der Waals surface area contributed by atoms with E-state index in [1.165, 1.54) is 0 Å². The molecule has 1 aliphatic heterocycles. The Bertz CT molecular complexity index is 1070. The summed E-state index contributed by atoms with van der Waals surface area (Å²) in [5.41, 5.74) is 8.01. The van der Waals surface area contributed by atoms with Gasteiger partial charge in [0, 0.05) is 34.9 Å². The van der Waals surface area contributed by atoms with Crippen LogP contribution in [-0.2, 0) is 4.79 Å². The second-order valence-electron chi connectivity index (χ2n) is 7.50. The van der Waals surface area contributed by atoms with Gasteiger partial charge in [-0.3, -0.25) is 9.59 Å². The lowest BCUT2D eigenvalue weighted by molar-refractivity contribution is -0.120. The van der Waals surface area contributed by atoms with Crippen molar-refractivity contribution in [3.8, 4) is 11.3 Å². The maximum Gasteiger partial charge on any atom is 0.248 e. The van der Waals surface area contributed by atoms with E-state index < -0.39 is 5.91 Å². The second kappa shape index (κ2) is 9.14. The van der Waals surface area contributed by atoms with Crippen LogP contribution in [0.1, 0.15) is 23.2 Å². The molecule has 1 atom stereocenters. The van der Waals surface area contributed by atoms with E-state index in [0.29, 0.717) is 22.8 Å². The molecule has 0 saturated carbocycles. The van der Waals surface area contributed by atoms with Gasteiger partial charge in [-0.1, -0.05) is 23.7 Å². The van der Waals surface area contributed by atoms with Gasteiger partial charge in [-0.05, 0) is 61.4 Å². The molecule has 3 N–H and O–H groups in total. The summed E-state index contributed by atoms with van der Waals surface area (Å²) in [6.45, 7) is 1.40. The van der Waals surface area contributed by atoms with Crippen molar-refractivity contribution in [1.29, 1.82) is 0 Å². The highest BCUT2D eigenvalue weighted by atomic mass is 35.5. The first-order valence-corrected chi connectivity index (χ1v) is 10.4. The minimum Gasteiger partial charge on any atom is -0.366 e. The lowest BCUT2D eigenvalue weighted by Gasteiger charge is -2.32. The molecule has 0 unspecified atom stereocenters. The van der Waals surface area contributed by atoms with Crippen LogP contribution in [0, 0.1) is 5.92 Å². The van der Waals surface area contributed by atoms with Crippen molar-refractivity contribution < 1.29 is 9.59 Å². The lowest BCUT2D eigenvalue weighted by Crippen LogP contribution is -2.41. The predicted octanol–water partition coefficient (Wildman–Crippen LogP) is 3.75. The summed E-state index contributed by atoms with van der Waals surface area (Å²) in [5.74, 6) is 0.0367. The standard InChI is InChI=1S/C23H22ClN5O2/c24-18-7-3-15(4-8-18)20-11-12-21(28-27-20)29-13-1-2-17(14-29)23(31)26-19-9-5-16(6-10-19)22(25)30/h3-12,17H,1-2,13-14H2,(H2,25,30)(H,26,31)/t17-/m1/s1. The van der Waals surface area contributed by atoms with Crippen LogP contribution in [0.2, 0.25) is 5.02 Å². The van der Waals surface area contributed by atoms with Gasteiger partial charge in [0.1, 0.15) is 0 Å². The fourth-order valence-electron chi connectivity index (χ4n) is 3.63. The van der Waals surface area contributed by atoms with Crippen molar-refractivity contribution in [2.75, 3.05) is 23.3 Å². The number of rotatable bonds is 5. The zero-order chi connectivity index (χ0) is 21.8. The molecule has 2 amide bonds. The molecule has 7 nitrogen and oxygen atoms in total. The third kappa shape index (κ3) is 5.00. The Morgan fingerprint density at radius 2 is 1.74 bits per heavy atom. The molecule has 1 aliphatic rings. The van der Waals surface area contributed by atoms with Crippen molar-refractivity contribution in [2.45, 2.75) is 12.8 Å². The number of primary amides is 1. The van der Waals surface area contributed by atoms with Crippen molar-refractivity contribution in [3.05, 3.63) is 71.2 Å². The van der Waals surface area contributed by atoms with Gasteiger partial charge in [-0.25, -0.2) is 0 Å². The normalized spacial score (nSPS) is 16.0. The van der Waals surface area contributed by atoms with Crippen LogP contribution in [0.25, 0.3) is 11.3 Å². The first kappa shape index (κ1) is 20.8. The summed E-state index contributed by atoms with van der Waals surface area (Å²) in [4.78, 5) is 26.0. The molecule has 0 radical (unpaired) electrons. The number of carbonyl (C=O) groups excluding carboxylic acids is 2. The van der Waals surface area contributed by atoms with E-state index in [4.69, 9.17) is 17.3 Å². The number of piperidine rings is 1. The average molecular weight is 436 g/mol. The number of anilines is 2. The van der Waals surface area contributed by atoms with E-state index in [0.717, 1.165) is 36.5 Å². The summed E-state index contributed by atoms with van der Waals surface area (Å²) < 4.78 is 0. The van der Waals surface area contributed by atoms with Gasteiger partial charge in [0.25, 0.3) is 0 Å². The Kier molecular flexibility index (Phi) is 6.13. The number of nitrogens with two attached hydrogens (primary N) is 1. The molecule has 158 valence electrons. The summed E-state index contributed by atoms with van der Waals surface area (Å²) >= 11 is 5.94. The lowest BCUT2D eigenvalue weighted by atomic mass is 9.97. The quantitative estimate of drug-likeness (QED) is 0.635. The first-order chi connectivity index (χ1) is 15.0. The Morgan fingerprint density at radius 1 is 1.00 bits per heavy atom. The molecule has 1 aromatic heterocycles. The van der Waals surface area contributed by atoms with Gasteiger partial charge in [0.05, 0.1) is 11.6 Å². The maximum atomic E-state index is 12.8. The highest BCUT2D eigenvalue weighted by Crippen LogP contribution is 2.25. The Morgan fingerprint density at radius 3 is 2.39 bits per heavy atom. The third-order valence-electron chi connectivity index (χ3n) is 5.34. The third-order valence-corrected chi connectivity index (χ3v) is 5.60. The number of carbonyl (C=O) groups is 2. The van der Waals surface area contributed by atoms with Gasteiger partial charge >= 0.3 is 0 Å².